The third-order valence-electron chi connectivity index (χ3n) is 10.9. The Morgan fingerprint density at radius 3 is 2.26 bits per heavy atom. The zero-order valence-corrected chi connectivity index (χ0v) is 29.6. The molecule has 1 saturated carbocycles. The molecule has 2 saturated heterocycles. The Morgan fingerprint density at radius 2 is 1.58 bits per heavy atom. The molecular weight excluding hydrogens is 772 g/mol. The van der Waals surface area contributed by atoms with E-state index in [1.807, 2.05) is 24.3 Å². The second-order valence-electron chi connectivity index (χ2n) is 13.4. The van der Waals surface area contributed by atoms with Gasteiger partial charge < -0.3 is 5.11 Å². The van der Waals surface area contributed by atoms with Crippen LogP contribution in [-0.2, 0) is 24.6 Å². The van der Waals surface area contributed by atoms with E-state index in [1.54, 1.807) is 55.5 Å². The van der Waals surface area contributed by atoms with E-state index in [0.29, 0.717) is 33.1 Å². The van der Waals surface area contributed by atoms with Gasteiger partial charge >= 0.3 is 0 Å². The van der Waals surface area contributed by atoms with Crippen molar-refractivity contribution in [2.24, 2.45) is 23.7 Å². The van der Waals surface area contributed by atoms with E-state index in [1.165, 1.54) is 29.2 Å². The van der Waals surface area contributed by atoms with E-state index in [9.17, 15) is 23.9 Å². The van der Waals surface area contributed by atoms with Gasteiger partial charge in [0, 0.05) is 14.5 Å². The number of fused-ring (bicyclic) bond motifs is 4. The Balaban J connectivity index is 1.32. The molecule has 3 fully saturated rings. The summed E-state index contributed by atoms with van der Waals surface area (Å²) < 4.78 is 14.8. The van der Waals surface area contributed by atoms with E-state index in [-0.39, 0.29) is 30.4 Å². The number of carbonyl (C=O) groups is 4. The average Bonchev–Trinajstić information content (AvgIpc) is 3.48. The van der Waals surface area contributed by atoms with Gasteiger partial charge in [-0.25, -0.2) is 4.39 Å². The molecule has 8 nitrogen and oxygen atoms in total. The van der Waals surface area contributed by atoms with Crippen molar-refractivity contribution in [1.82, 2.24) is 5.01 Å². The van der Waals surface area contributed by atoms with Gasteiger partial charge in [-0.15, -0.1) is 0 Å². The summed E-state index contributed by atoms with van der Waals surface area (Å²) in [7, 11) is 0. The largest absolute Gasteiger partial charge is 0.508 e. The van der Waals surface area contributed by atoms with Crippen LogP contribution >= 0.6 is 34.2 Å². The fourth-order valence-corrected chi connectivity index (χ4v) is 9.22. The molecule has 0 spiro atoms. The molecule has 2 aliphatic carbocycles. The van der Waals surface area contributed by atoms with Crippen LogP contribution in [0, 0.1) is 40.0 Å². The molecule has 0 bridgehead atoms. The normalized spacial score (nSPS) is 27.2. The maximum Gasteiger partial charge on any atom is 0.260 e. The van der Waals surface area contributed by atoms with Crippen LogP contribution in [0.1, 0.15) is 35.4 Å². The Kier molecular flexibility index (Phi) is 7.87. The Morgan fingerprint density at radius 1 is 0.880 bits per heavy atom. The van der Waals surface area contributed by atoms with Crippen molar-refractivity contribution in [1.29, 1.82) is 0 Å². The van der Waals surface area contributed by atoms with Gasteiger partial charge in [-0.2, -0.15) is 5.01 Å². The second kappa shape index (κ2) is 12.1. The van der Waals surface area contributed by atoms with Gasteiger partial charge in [0.2, 0.25) is 11.8 Å². The minimum Gasteiger partial charge on any atom is -0.508 e. The lowest BCUT2D eigenvalue weighted by molar-refractivity contribution is -0.138. The number of hydrogen-bond donors (Lipinski definition) is 2. The molecule has 2 N–H and O–H groups in total. The summed E-state index contributed by atoms with van der Waals surface area (Å²) in [5.74, 6) is -5.61. The number of amides is 4. The van der Waals surface area contributed by atoms with Crippen LogP contribution < -0.4 is 10.3 Å². The van der Waals surface area contributed by atoms with Crippen molar-refractivity contribution in [2.75, 3.05) is 10.3 Å². The summed E-state index contributed by atoms with van der Waals surface area (Å²) in [5.41, 5.74) is 4.94. The lowest BCUT2D eigenvalue weighted by Gasteiger charge is -2.50. The van der Waals surface area contributed by atoms with Gasteiger partial charge in [0.05, 0.1) is 34.5 Å². The van der Waals surface area contributed by atoms with E-state index >= 15 is 4.79 Å². The van der Waals surface area contributed by atoms with E-state index in [2.05, 4.69) is 28.0 Å². The van der Waals surface area contributed by atoms with Gasteiger partial charge in [-0.1, -0.05) is 47.5 Å². The number of allylic oxidation sites excluding steroid dienone is 2. The monoisotopic (exact) mass is 801 g/mol. The van der Waals surface area contributed by atoms with Crippen molar-refractivity contribution < 1.29 is 28.7 Å². The number of aromatic hydroxyl groups is 1. The van der Waals surface area contributed by atoms with Crippen LogP contribution in [0.2, 0.25) is 5.02 Å². The molecule has 8 rings (SSSR count). The number of hydrogen-bond acceptors (Lipinski definition) is 6. The zero-order valence-electron chi connectivity index (χ0n) is 26.6. The van der Waals surface area contributed by atoms with Crippen molar-refractivity contribution in [3.63, 3.8) is 0 Å². The highest BCUT2D eigenvalue weighted by molar-refractivity contribution is 14.1. The van der Waals surface area contributed by atoms with E-state index < -0.39 is 52.6 Å². The van der Waals surface area contributed by atoms with Crippen molar-refractivity contribution in [3.8, 4) is 5.75 Å². The highest BCUT2D eigenvalue weighted by Gasteiger charge is 2.70. The first-order chi connectivity index (χ1) is 24.0. The smallest absolute Gasteiger partial charge is 0.260 e. The molecule has 6 unspecified atom stereocenters. The van der Waals surface area contributed by atoms with Crippen LogP contribution in [-0.4, -0.2) is 33.7 Å². The number of nitrogens with one attached hydrogen (secondary N) is 1. The van der Waals surface area contributed by atoms with Crippen molar-refractivity contribution >= 4 is 69.2 Å². The molecule has 4 aromatic rings. The summed E-state index contributed by atoms with van der Waals surface area (Å²) in [6.07, 6.45) is 2.41. The fourth-order valence-electron chi connectivity index (χ4n) is 8.73. The Hall–Kier alpha value is -4.55. The first-order valence-corrected chi connectivity index (χ1v) is 17.8. The maximum absolute atomic E-state index is 15.2. The number of hydrazine groups is 1. The number of phenolic OH excluding ortho intramolecular Hbond substituents is 1. The predicted molar refractivity (Wildman–Crippen MR) is 194 cm³/mol. The minimum absolute atomic E-state index is 0.0778. The highest BCUT2D eigenvalue weighted by Crippen LogP contribution is 2.64. The van der Waals surface area contributed by atoms with Crippen molar-refractivity contribution in [3.05, 3.63) is 134 Å². The first kappa shape index (κ1) is 32.6. The van der Waals surface area contributed by atoms with Crippen LogP contribution in [0.15, 0.2) is 103 Å². The van der Waals surface area contributed by atoms with Gasteiger partial charge in [0.25, 0.3) is 11.8 Å². The summed E-state index contributed by atoms with van der Waals surface area (Å²) in [4.78, 5) is 59.5. The third kappa shape index (κ3) is 4.82. The number of aryl methyl sites for hydroxylation is 1. The Bertz CT molecular complexity index is 2120. The number of halogens is 3. The molecule has 4 aliphatic rings. The predicted octanol–water partition coefficient (Wildman–Crippen LogP) is 7.29. The number of anilines is 2. The quantitative estimate of drug-likeness (QED) is 0.125. The summed E-state index contributed by atoms with van der Waals surface area (Å²) in [5, 5.41) is 12.0. The molecule has 4 amide bonds. The molecule has 2 aliphatic heterocycles. The van der Waals surface area contributed by atoms with Gasteiger partial charge in [0.15, 0.2) is 0 Å². The molecule has 2 heterocycles. The summed E-state index contributed by atoms with van der Waals surface area (Å²) in [6, 6.07) is 24.6. The summed E-state index contributed by atoms with van der Waals surface area (Å²) in [6.45, 7) is 1.76. The van der Waals surface area contributed by atoms with Gasteiger partial charge in [-0.05, 0) is 132 Å². The average molecular weight is 802 g/mol. The highest BCUT2D eigenvalue weighted by atomic mass is 127. The number of benzene rings is 4. The molecule has 50 heavy (non-hydrogen) atoms. The maximum atomic E-state index is 15.2. The SMILES string of the molecule is Cc1cc(C2C3=CCC4C(=O)N(c5ccc(I)cc5)C(=O)C4C3CC3C(=O)N(Nc4ccc(F)cc4)C(=O)C32c2ccc(Cl)cc2)ccc1O. The molecule has 6 atom stereocenters. The zero-order chi connectivity index (χ0) is 35.1. The van der Waals surface area contributed by atoms with E-state index in [0.717, 1.165) is 14.2 Å². The first-order valence-electron chi connectivity index (χ1n) is 16.3. The number of phenols is 1. The minimum atomic E-state index is -1.49. The van der Waals surface area contributed by atoms with Crippen LogP contribution in [0.4, 0.5) is 15.8 Å². The third-order valence-corrected chi connectivity index (χ3v) is 11.9. The van der Waals surface area contributed by atoms with Gasteiger partial charge in [-0.3, -0.25) is 29.5 Å². The number of carbonyl (C=O) groups excluding carboxylic acids is 4. The number of nitrogens with zero attached hydrogens (tertiary/aromatic N) is 2. The van der Waals surface area contributed by atoms with Crippen LogP contribution in [0.5, 0.6) is 5.75 Å². The molecular formula is C39H30ClFIN3O5. The molecule has 4 aromatic carbocycles. The lowest BCUT2D eigenvalue weighted by Crippen LogP contribution is -2.53. The second-order valence-corrected chi connectivity index (χ2v) is 15.1. The molecule has 11 heteroatoms. The van der Waals surface area contributed by atoms with Crippen molar-refractivity contribution in [2.45, 2.75) is 31.1 Å². The molecule has 252 valence electrons. The number of rotatable bonds is 5. The topological polar surface area (TPSA) is 107 Å². The Labute approximate surface area is 306 Å². The van der Waals surface area contributed by atoms with Crippen LogP contribution in [0.25, 0.3) is 0 Å². The summed E-state index contributed by atoms with van der Waals surface area (Å²) >= 11 is 8.52. The lowest BCUT2D eigenvalue weighted by atomic mass is 9.49. The molecule has 0 aromatic heterocycles. The van der Waals surface area contributed by atoms with Gasteiger partial charge in [0.1, 0.15) is 11.6 Å². The number of imide groups is 2. The standard InChI is InChI=1S/C39H30ClFIN3O5/c1-20-18-21(2-17-32(20)46)34-28-15-16-29-33(37(49)44(35(29)47)27-13-9-25(42)10-14-27)30(28)19-31-36(48)45(43-26-11-7-24(41)8-12-26)38(50)39(31,34)22-3-5-23(40)6-4-22/h2-15,17-18,29-31,33-34,43,46H,16,19H2,1H3. The van der Waals surface area contributed by atoms with Crippen LogP contribution in [0.3, 0.4) is 0 Å². The fraction of sp³-hybridized carbons (Fsp3) is 0.231. The molecule has 0 radical (unpaired) electrons. The van der Waals surface area contributed by atoms with E-state index in [4.69, 9.17) is 11.6 Å².